The molecule has 1 aliphatic carbocycles. The van der Waals surface area contributed by atoms with Crippen molar-refractivity contribution in [3.63, 3.8) is 0 Å². The summed E-state index contributed by atoms with van der Waals surface area (Å²) in [5, 5.41) is 0. The summed E-state index contributed by atoms with van der Waals surface area (Å²) in [5.41, 5.74) is 0.830. The van der Waals surface area contributed by atoms with Crippen LogP contribution in [-0.2, 0) is 13.0 Å². The number of carbonyl (C=O) groups excluding carboxylic acids is 2. The standard InChI is InChI=1S/C19H20ClN3O3S/c20-17-5-4-12(27-17)11-22-6-8-23(9-7-22)19(26)14-10-13-15(21-18(14)25)2-1-3-16(13)24/h4-5,10H,1-3,6-9,11H2,(H,21,25). The van der Waals surface area contributed by atoms with Crippen molar-refractivity contribution in [1.29, 1.82) is 0 Å². The minimum Gasteiger partial charge on any atom is -0.336 e. The van der Waals surface area contributed by atoms with Crippen molar-refractivity contribution in [2.45, 2.75) is 25.8 Å². The number of aromatic nitrogens is 1. The van der Waals surface area contributed by atoms with Gasteiger partial charge in [0.15, 0.2) is 5.78 Å². The van der Waals surface area contributed by atoms with E-state index in [0.717, 1.165) is 30.4 Å². The SMILES string of the molecule is O=C1CCCc2[nH]c(=O)c(C(=O)N3CCN(Cc4ccc(Cl)s4)CC3)cc21. The number of fused-ring (bicyclic) bond motifs is 1. The van der Waals surface area contributed by atoms with Crippen LogP contribution in [0.1, 0.15) is 44.1 Å². The van der Waals surface area contributed by atoms with Crippen LogP contribution >= 0.6 is 22.9 Å². The Balaban J connectivity index is 1.44. The number of hydrogen-bond donors (Lipinski definition) is 1. The summed E-state index contributed by atoms with van der Waals surface area (Å²) in [6.07, 6.45) is 1.89. The number of carbonyl (C=O) groups is 2. The molecule has 8 heteroatoms. The fourth-order valence-corrected chi connectivity index (χ4v) is 4.80. The minimum atomic E-state index is -0.399. The number of nitrogens with zero attached hydrogens (tertiary/aromatic N) is 2. The molecule has 142 valence electrons. The first-order chi connectivity index (χ1) is 13.0. The van der Waals surface area contributed by atoms with Crippen LogP contribution in [0.2, 0.25) is 4.34 Å². The van der Waals surface area contributed by atoms with Crippen LogP contribution in [0.3, 0.4) is 0 Å². The number of aryl methyl sites for hydroxylation is 1. The summed E-state index contributed by atoms with van der Waals surface area (Å²) in [4.78, 5) is 45.2. The van der Waals surface area contributed by atoms with Gasteiger partial charge < -0.3 is 9.88 Å². The molecule has 1 fully saturated rings. The number of pyridine rings is 1. The molecule has 0 spiro atoms. The molecule has 0 aromatic carbocycles. The number of amides is 1. The minimum absolute atomic E-state index is 0.000905. The van der Waals surface area contributed by atoms with Gasteiger partial charge in [-0.25, -0.2) is 0 Å². The number of nitrogens with one attached hydrogen (secondary N) is 1. The van der Waals surface area contributed by atoms with Gasteiger partial charge in [0.1, 0.15) is 5.56 Å². The topological polar surface area (TPSA) is 73.5 Å². The maximum absolute atomic E-state index is 12.8. The third kappa shape index (κ3) is 3.85. The smallest absolute Gasteiger partial charge is 0.261 e. The highest BCUT2D eigenvalue weighted by atomic mass is 35.5. The maximum Gasteiger partial charge on any atom is 0.261 e. The number of halogens is 1. The second kappa shape index (κ2) is 7.58. The van der Waals surface area contributed by atoms with E-state index in [4.69, 9.17) is 11.6 Å². The first-order valence-corrected chi connectivity index (χ1v) is 10.3. The normalized spacial score (nSPS) is 17.8. The molecular formula is C19H20ClN3O3S. The average Bonchev–Trinajstić information content (AvgIpc) is 3.06. The van der Waals surface area contributed by atoms with Gasteiger partial charge in [-0.1, -0.05) is 11.6 Å². The number of Topliss-reactive ketones (excluding diaryl/α,β-unsaturated/α-hetero) is 1. The highest BCUT2D eigenvalue weighted by molar-refractivity contribution is 7.16. The van der Waals surface area contributed by atoms with Crippen molar-refractivity contribution < 1.29 is 9.59 Å². The zero-order chi connectivity index (χ0) is 19.0. The summed E-state index contributed by atoms with van der Waals surface area (Å²) in [7, 11) is 0. The Morgan fingerprint density at radius 3 is 2.63 bits per heavy atom. The lowest BCUT2D eigenvalue weighted by atomic mass is 9.93. The molecule has 1 aliphatic heterocycles. The number of ketones is 1. The molecule has 1 N–H and O–H groups in total. The van der Waals surface area contributed by atoms with Gasteiger partial charge in [0, 0.05) is 55.3 Å². The predicted octanol–water partition coefficient (Wildman–Crippen LogP) is 2.57. The number of H-pyrrole nitrogens is 1. The lowest BCUT2D eigenvalue weighted by molar-refractivity contribution is 0.0628. The van der Waals surface area contributed by atoms with Crippen LogP contribution < -0.4 is 5.56 Å². The third-order valence-corrected chi connectivity index (χ3v) is 6.37. The molecule has 3 heterocycles. The summed E-state index contributed by atoms with van der Waals surface area (Å²) in [5.74, 6) is -0.294. The zero-order valence-electron chi connectivity index (χ0n) is 14.8. The van der Waals surface area contributed by atoms with Crippen LogP contribution in [0, 0.1) is 0 Å². The van der Waals surface area contributed by atoms with Crippen molar-refractivity contribution in [3.8, 4) is 0 Å². The van der Waals surface area contributed by atoms with Gasteiger partial charge in [0.05, 0.1) is 4.34 Å². The first kappa shape index (κ1) is 18.4. The predicted molar refractivity (Wildman–Crippen MR) is 105 cm³/mol. The molecule has 2 aromatic rings. The van der Waals surface area contributed by atoms with Crippen molar-refractivity contribution >= 4 is 34.6 Å². The van der Waals surface area contributed by atoms with Crippen molar-refractivity contribution in [1.82, 2.24) is 14.8 Å². The van der Waals surface area contributed by atoms with Crippen molar-refractivity contribution in [3.05, 3.63) is 54.6 Å². The van der Waals surface area contributed by atoms with Crippen LogP contribution in [-0.4, -0.2) is 52.7 Å². The average molecular weight is 406 g/mol. The number of hydrogen-bond acceptors (Lipinski definition) is 5. The van der Waals surface area contributed by atoms with E-state index >= 15 is 0 Å². The van der Waals surface area contributed by atoms with Gasteiger partial charge in [-0.05, 0) is 31.0 Å². The summed E-state index contributed by atoms with van der Waals surface area (Å²) < 4.78 is 0.778. The molecular weight excluding hydrogens is 386 g/mol. The van der Waals surface area contributed by atoms with Gasteiger partial charge >= 0.3 is 0 Å². The Morgan fingerprint density at radius 2 is 1.93 bits per heavy atom. The molecule has 0 atom stereocenters. The van der Waals surface area contributed by atoms with E-state index < -0.39 is 5.56 Å². The Kier molecular flexibility index (Phi) is 5.16. The fourth-order valence-electron chi connectivity index (χ4n) is 3.67. The third-order valence-electron chi connectivity index (χ3n) is 5.15. The van der Waals surface area contributed by atoms with Crippen LogP contribution in [0.4, 0.5) is 0 Å². The van der Waals surface area contributed by atoms with Crippen molar-refractivity contribution in [2.75, 3.05) is 26.2 Å². The van der Waals surface area contributed by atoms with E-state index in [2.05, 4.69) is 9.88 Å². The lowest BCUT2D eigenvalue weighted by Crippen LogP contribution is -2.49. The molecule has 1 saturated heterocycles. The molecule has 1 amide bonds. The molecule has 0 saturated carbocycles. The van der Waals surface area contributed by atoms with Crippen LogP contribution in [0.5, 0.6) is 0 Å². The number of rotatable bonds is 3. The largest absolute Gasteiger partial charge is 0.336 e. The fraction of sp³-hybridized carbons (Fsp3) is 0.421. The molecule has 6 nitrogen and oxygen atoms in total. The summed E-state index contributed by atoms with van der Waals surface area (Å²) in [6.45, 7) is 3.41. The highest BCUT2D eigenvalue weighted by Gasteiger charge is 2.27. The van der Waals surface area contributed by atoms with E-state index in [1.807, 2.05) is 12.1 Å². The van der Waals surface area contributed by atoms with Crippen LogP contribution in [0.25, 0.3) is 0 Å². The first-order valence-electron chi connectivity index (χ1n) is 9.06. The molecule has 4 rings (SSSR count). The Morgan fingerprint density at radius 1 is 1.15 bits per heavy atom. The highest BCUT2D eigenvalue weighted by Crippen LogP contribution is 2.23. The Labute approximate surface area is 165 Å². The maximum atomic E-state index is 12.8. The zero-order valence-corrected chi connectivity index (χ0v) is 16.4. The lowest BCUT2D eigenvalue weighted by Gasteiger charge is -2.34. The summed E-state index contributed by atoms with van der Waals surface area (Å²) in [6, 6.07) is 5.41. The molecule has 27 heavy (non-hydrogen) atoms. The van der Waals surface area contributed by atoms with E-state index in [-0.39, 0.29) is 17.3 Å². The molecule has 2 aromatic heterocycles. The molecule has 0 radical (unpaired) electrons. The molecule has 0 unspecified atom stereocenters. The monoisotopic (exact) mass is 405 g/mol. The van der Waals surface area contributed by atoms with Crippen LogP contribution in [0.15, 0.2) is 23.0 Å². The van der Waals surface area contributed by atoms with E-state index in [9.17, 15) is 14.4 Å². The molecule has 0 bridgehead atoms. The Hall–Kier alpha value is -1.96. The van der Waals surface area contributed by atoms with Gasteiger partial charge in [-0.2, -0.15) is 0 Å². The van der Waals surface area contributed by atoms with Gasteiger partial charge in [-0.3, -0.25) is 19.3 Å². The van der Waals surface area contributed by atoms with Gasteiger partial charge in [0.25, 0.3) is 11.5 Å². The van der Waals surface area contributed by atoms with E-state index in [1.54, 1.807) is 16.2 Å². The quantitative estimate of drug-likeness (QED) is 0.851. The summed E-state index contributed by atoms with van der Waals surface area (Å²) >= 11 is 7.54. The second-order valence-corrected chi connectivity index (χ2v) is 8.75. The molecule has 2 aliphatic rings. The van der Waals surface area contributed by atoms with Crippen molar-refractivity contribution in [2.24, 2.45) is 0 Å². The second-order valence-electron chi connectivity index (χ2n) is 6.96. The van der Waals surface area contributed by atoms with E-state index in [1.165, 1.54) is 10.9 Å². The number of thiophene rings is 1. The Bertz CT molecular complexity index is 944. The van der Waals surface area contributed by atoms with E-state index in [0.29, 0.717) is 37.2 Å². The number of piperazine rings is 1. The van der Waals surface area contributed by atoms with Gasteiger partial charge in [-0.15, -0.1) is 11.3 Å². The van der Waals surface area contributed by atoms with Gasteiger partial charge in [0.2, 0.25) is 0 Å². The number of aromatic amines is 1.